The van der Waals surface area contributed by atoms with Crippen molar-refractivity contribution >= 4 is 15.7 Å². The Hall–Kier alpha value is -2.03. The van der Waals surface area contributed by atoms with E-state index in [1.165, 1.54) is 10.9 Å². The number of nitrogens with zero attached hydrogens (tertiary/aromatic N) is 2. The number of aryl methyl sites for hydroxylation is 2. The molecule has 0 spiro atoms. The van der Waals surface area contributed by atoms with Crippen molar-refractivity contribution in [3.63, 3.8) is 0 Å². The quantitative estimate of drug-likeness (QED) is 0.945. The van der Waals surface area contributed by atoms with Crippen LogP contribution in [-0.4, -0.2) is 18.2 Å². The van der Waals surface area contributed by atoms with E-state index in [2.05, 4.69) is 9.82 Å². The maximum absolute atomic E-state index is 12.4. The van der Waals surface area contributed by atoms with Gasteiger partial charge in [0.2, 0.25) is 0 Å². The summed E-state index contributed by atoms with van der Waals surface area (Å²) < 4.78 is 65.0. The highest BCUT2D eigenvalue weighted by atomic mass is 32.2. The first kappa shape index (κ1) is 15.4. The van der Waals surface area contributed by atoms with Crippen LogP contribution in [0.5, 0.6) is 0 Å². The highest BCUT2D eigenvalue weighted by Gasteiger charge is 2.30. The van der Waals surface area contributed by atoms with Crippen LogP contribution in [0.25, 0.3) is 0 Å². The molecule has 0 aliphatic carbocycles. The van der Waals surface area contributed by atoms with E-state index in [-0.39, 0.29) is 10.7 Å². The molecule has 0 aliphatic heterocycles. The van der Waals surface area contributed by atoms with Gasteiger partial charge in [0.05, 0.1) is 5.56 Å². The molecule has 1 heterocycles. The van der Waals surface area contributed by atoms with Crippen LogP contribution >= 0.6 is 0 Å². The zero-order valence-corrected chi connectivity index (χ0v) is 12.0. The van der Waals surface area contributed by atoms with Gasteiger partial charge in [0.25, 0.3) is 10.0 Å². The van der Waals surface area contributed by atoms with Crippen LogP contribution in [0.1, 0.15) is 11.1 Å². The van der Waals surface area contributed by atoms with Gasteiger partial charge in [-0.25, -0.2) is 0 Å². The van der Waals surface area contributed by atoms with E-state index in [0.717, 1.165) is 24.3 Å². The largest absolute Gasteiger partial charge is 0.416 e. The molecule has 1 aromatic heterocycles. The summed E-state index contributed by atoms with van der Waals surface area (Å²) in [6.07, 6.45) is -2.93. The average molecular weight is 319 g/mol. The first-order valence-electron chi connectivity index (χ1n) is 5.80. The number of nitrogens with one attached hydrogen (secondary N) is 1. The van der Waals surface area contributed by atoms with Crippen LogP contribution in [-0.2, 0) is 23.2 Å². The van der Waals surface area contributed by atoms with E-state index in [1.54, 1.807) is 14.0 Å². The summed E-state index contributed by atoms with van der Waals surface area (Å²) in [7, 11) is -2.36. The van der Waals surface area contributed by atoms with Gasteiger partial charge < -0.3 is 0 Å². The zero-order valence-electron chi connectivity index (χ0n) is 11.1. The van der Waals surface area contributed by atoms with E-state index < -0.39 is 21.8 Å². The van der Waals surface area contributed by atoms with Gasteiger partial charge in [-0.2, -0.15) is 26.7 Å². The Balaban J connectivity index is 2.27. The number of hydrogen-bond acceptors (Lipinski definition) is 3. The topological polar surface area (TPSA) is 64.0 Å². The maximum atomic E-state index is 12.4. The van der Waals surface area contributed by atoms with Crippen molar-refractivity contribution in [3.05, 3.63) is 41.6 Å². The minimum absolute atomic E-state index is 0.0352. The van der Waals surface area contributed by atoms with E-state index in [4.69, 9.17) is 0 Å². The average Bonchev–Trinajstić information content (AvgIpc) is 2.68. The summed E-state index contributed by atoms with van der Waals surface area (Å²) in [5.41, 5.74) is -0.371. The SMILES string of the molecule is Cc1cn(C)nc1S(=O)(=O)Nc1ccc(C(F)(F)F)cc1. The molecule has 0 amide bonds. The Kier molecular flexibility index (Phi) is 3.70. The molecule has 0 aliphatic rings. The first-order valence-corrected chi connectivity index (χ1v) is 7.28. The summed E-state index contributed by atoms with van der Waals surface area (Å²) in [6, 6.07) is 3.73. The molecule has 2 aromatic rings. The van der Waals surface area contributed by atoms with Crippen molar-refractivity contribution in [3.8, 4) is 0 Å². The minimum atomic E-state index is -4.46. The third kappa shape index (κ3) is 3.35. The molecule has 21 heavy (non-hydrogen) atoms. The predicted octanol–water partition coefficient (Wildman–Crippen LogP) is 2.55. The first-order chi connectivity index (χ1) is 9.59. The van der Waals surface area contributed by atoms with Crippen LogP contribution in [0.15, 0.2) is 35.5 Å². The van der Waals surface area contributed by atoms with Crippen molar-refractivity contribution in [2.24, 2.45) is 7.05 Å². The molecule has 0 radical (unpaired) electrons. The van der Waals surface area contributed by atoms with Crippen molar-refractivity contribution in [2.45, 2.75) is 18.1 Å². The third-order valence-electron chi connectivity index (χ3n) is 2.69. The minimum Gasteiger partial charge on any atom is -0.278 e. The van der Waals surface area contributed by atoms with Crippen LogP contribution in [0.2, 0.25) is 0 Å². The fraction of sp³-hybridized carbons (Fsp3) is 0.250. The lowest BCUT2D eigenvalue weighted by molar-refractivity contribution is -0.137. The molecule has 9 heteroatoms. The van der Waals surface area contributed by atoms with Crippen LogP contribution in [0.4, 0.5) is 18.9 Å². The van der Waals surface area contributed by atoms with E-state index in [0.29, 0.717) is 5.56 Å². The van der Waals surface area contributed by atoms with E-state index in [9.17, 15) is 21.6 Å². The van der Waals surface area contributed by atoms with Gasteiger partial charge >= 0.3 is 6.18 Å². The second-order valence-electron chi connectivity index (χ2n) is 4.47. The van der Waals surface area contributed by atoms with Crippen LogP contribution in [0.3, 0.4) is 0 Å². The molecule has 0 bridgehead atoms. The van der Waals surface area contributed by atoms with Gasteiger partial charge in [0, 0.05) is 24.5 Å². The smallest absolute Gasteiger partial charge is 0.278 e. The van der Waals surface area contributed by atoms with Crippen molar-refractivity contribution in [1.82, 2.24) is 9.78 Å². The normalized spacial score (nSPS) is 12.4. The Morgan fingerprint density at radius 3 is 2.19 bits per heavy atom. The van der Waals surface area contributed by atoms with Crippen LogP contribution in [0, 0.1) is 6.92 Å². The van der Waals surface area contributed by atoms with Crippen molar-refractivity contribution < 1.29 is 21.6 Å². The summed E-state index contributed by atoms with van der Waals surface area (Å²) in [6.45, 7) is 1.58. The van der Waals surface area contributed by atoms with Crippen LogP contribution < -0.4 is 4.72 Å². The molecule has 2 rings (SSSR count). The van der Waals surface area contributed by atoms with Gasteiger partial charge in [0.15, 0.2) is 5.03 Å². The lowest BCUT2D eigenvalue weighted by Gasteiger charge is -2.09. The number of rotatable bonds is 3. The van der Waals surface area contributed by atoms with Gasteiger partial charge in [-0.1, -0.05) is 0 Å². The molecule has 1 N–H and O–H groups in total. The van der Waals surface area contributed by atoms with Gasteiger partial charge in [-0.05, 0) is 31.2 Å². The predicted molar refractivity (Wildman–Crippen MR) is 70.2 cm³/mol. The molecular weight excluding hydrogens is 307 g/mol. The monoisotopic (exact) mass is 319 g/mol. The Morgan fingerprint density at radius 2 is 1.76 bits per heavy atom. The molecule has 0 fully saturated rings. The number of anilines is 1. The molecular formula is C12H12F3N3O2S. The number of aromatic nitrogens is 2. The Bertz CT molecular complexity index is 749. The Morgan fingerprint density at radius 1 is 1.19 bits per heavy atom. The van der Waals surface area contributed by atoms with E-state index >= 15 is 0 Å². The summed E-state index contributed by atoms with van der Waals surface area (Å²) in [4.78, 5) is 0. The zero-order chi connectivity index (χ0) is 15.8. The number of sulfonamides is 1. The summed E-state index contributed by atoms with van der Waals surface area (Å²) in [5.74, 6) is 0. The Labute approximate surface area is 119 Å². The lowest BCUT2D eigenvalue weighted by Crippen LogP contribution is -2.15. The van der Waals surface area contributed by atoms with Gasteiger partial charge in [-0.15, -0.1) is 0 Å². The highest BCUT2D eigenvalue weighted by Crippen LogP contribution is 2.30. The molecule has 1 aromatic carbocycles. The summed E-state index contributed by atoms with van der Waals surface area (Å²) >= 11 is 0. The van der Waals surface area contributed by atoms with Crippen molar-refractivity contribution in [2.75, 3.05) is 4.72 Å². The molecule has 114 valence electrons. The molecule has 0 unspecified atom stereocenters. The molecule has 0 atom stereocenters. The fourth-order valence-electron chi connectivity index (χ4n) is 1.78. The number of benzene rings is 1. The third-order valence-corrected chi connectivity index (χ3v) is 4.10. The summed E-state index contributed by atoms with van der Waals surface area (Å²) in [5, 5.41) is 3.66. The highest BCUT2D eigenvalue weighted by molar-refractivity contribution is 7.92. The number of hydrogen-bond donors (Lipinski definition) is 1. The number of halogens is 3. The lowest BCUT2D eigenvalue weighted by atomic mass is 10.2. The maximum Gasteiger partial charge on any atom is 0.416 e. The van der Waals surface area contributed by atoms with Crippen molar-refractivity contribution in [1.29, 1.82) is 0 Å². The van der Waals surface area contributed by atoms with Gasteiger partial charge in [0.1, 0.15) is 0 Å². The van der Waals surface area contributed by atoms with Gasteiger partial charge in [-0.3, -0.25) is 9.40 Å². The van der Waals surface area contributed by atoms with E-state index in [1.807, 2.05) is 0 Å². The molecule has 0 saturated heterocycles. The number of alkyl halides is 3. The fourth-order valence-corrected chi connectivity index (χ4v) is 3.04. The molecule has 0 saturated carbocycles. The second-order valence-corrected chi connectivity index (χ2v) is 6.07. The second kappa shape index (κ2) is 5.06. The standard InChI is InChI=1S/C12H12F3N3O2S/c1-8-7-18(2)16-11(8)21(19,20)17-10-5-3-9(4-6-10)12(13,14)15/h3-7,17H,1-2H3. The molecule has 5 nitrogen and oxygen atoms in total.